The Hall–Kier alpha value is -2.14. The first kappa shape index (κ1) is 19.6. The number of anilines is 1. The number of rotatable bonds is 7. The second-order valence-electron chi connectivity index (χ2n) is 7.48. The largest absolute Gasteiger partial charge is 0.383 e. The van der Waals surface area contributed by atoms with Gasteiger partial charge in [0.2, 0.25) is 0 Å². The zero-order valence-corrected chi connectivity index (χ0v) is 16.7. The maximum absolute atomic E-state index is 13.0. The molecule has 2 aromatic rings. The summed E-state index contributed by atoms with van der Waals surface area (Å²) in [6.07, 6.45) is 7.07. The molecule has 0 saturated heterocycles. The number of ether oxygens (including phenoxy) is 1. The smallest absolute Gasteiger partial charge is 0.252 e. The van der Waals surface area contributed by atoms with Crippen LogP contribution < -0.4 is 10.2 Å². The minimum atomic E-state index is -0.0594. The van der Waals surface area contributed by atoms with Crippen molar-refractivity contribution in [2.24, 2.45) is 0 Å². The third-order valence-corrected chi connectivity index (χ3v) is 5.63. The van der Waals surface area contributed by atoms with Gasteiger partial charge < -0.3 is 15.0 Å². The van der Waals surface area contributed by atoms with E-state index in [1.165, 1.54) is 32.1 Å². The molecule has 1 saturated carbocycles. The number of nitrogens with one attached hydrogen (secondary N) is 1. The average Bonchev–Trinajstić information content (AvgIpc) is 2.72. The molecule has 0 aliphatic heterocycles. The number of pyridine rings is 1. The van der Waals surface area contributed by atoms with Crippen LogP contribution in [0.4, 0.5) is 5.82 Å². The number of nitrogens with zero attached hydrogens (tertiary/aromatic N) is 2. The number of aromatic nitrogens is 1. The number of amides is 1. The molecule has 1 fully saturated rings. The monoisotopic (exact) mass is 369 g/mol. The summed E-state index contributed by atoms with van der Waals surface area (Å²) >= 11 is 0. The van der Waals surface area contributed by atoms with Gasteiger partial charge in [-0.05, 0) is 31.4 Å². The summed E-state index contributed by atoms with van der Waals surface area (Å²) in [5, 5.41) is 4.00. The highest BCUT2D eigenvalue weighted by Gasteiger charge is 2.22. The zero-order valence-electron chi connectivity index (χ0n) is 16.7. The molecular weight excluding hydrogens is 338 g/mol. The van der Waals surface area contributed by atoms with Gasteiger partial charge in [-0.2, -0.15) is 0 Å². The van der Waals surface area contributed by atoms with E-state index in [1.807, 2.05) is 30.3 Å². The summed E-state index contributed by atoms with van der Waals surface area (Å²) in [6.45, 7) is 2.57. The molecule has 3 rings (SSSR count). The quantitative estimate of drug-likeness (QED) is 0.796. The van der Waals surface area contributed by atoms with E-state index in [-0.39, 0.29) is 11.9 Å². The first-order valence-corrected chi connectivity index (χ1v) is 10.1. The van der Waals surface area contributed by atoms with Crippen LogP contribution in [0, 0.1) is 0 Å². The van der Waals surface area contributed by atoms with E-state index in [9.17, 15) is 4.79 Å². The molecule has 1 atom stereocenters. The molecule has 1 N–H and O–H groups in total. The fourth-order valence-corrected chi connectivity index (χ4v) is 3.91. The number of hydrogen-bond acceptors (Lipinski definition) is 4. The number of carbonyl (C=O) groups is 1. The van der Waals surface area contributed by atoms with Crippen LogP contribution in [0.2, 0.25) is 0 Å². The molecule has 146 valence electrons. The van der Waals surface area contributed by atoms with Gasteiger partial charge in [0.25, 0.3) is 5.91 Å². The van der Waals surface area contributed by atoms with Crippen LogP contribution in [-0.4, -0.2) is 43.7 Å². The van der Waals surface area contributed by atoms with E-state index in [0.717, 1.165) is 23.1 Å². The molecule has 1 aliphatic carbocycles. The second-order valence-corrected chi connectivity index (χ2v) is 7.48. The van der Waals surface area contributed by atoms with E-state index in [1.54, 1.807) is 7.11 Å². The van der Waals surface area contributed by atoms with Gasteiger partial charge in [-0.3, -0.25) is 4.79 Å². The third kappa shape index (κ3) is 4.59. The molecule has 0 bridgehead atoms. The van der Waals surface area contributed by atoms with E-state index in [2.05, 4.69) is 24.2 Å². The maximum atomic E-state index is 13.0. The van der Waals surface area contributed by atoms with Crippen molar-refractivity contribution in [1.29, 1.82) is 0 Å². The Morgan fingerprint density at radius 2 is 2.04 bits per heavy atom. The lowest BCUT2D eigenvalue weighted by molar-refractivity contribution is 0.0896. The van der Waals surface area contributed by atoms with Crippen LogP contribution in [0.3, 0.4) is 0 Å². The molecule has 1 heterocycles. The fraction of sp³-hybridized carbons (Fsp3) is 0.545. The summed E-state index contributed by atoms with van der Waals surface area (Å²) in [5.41, 5.74) is 1.55. The van der Waals surface area contributed by atoms with Crippen LogP contribution in [0.1, 0.15) is 55.8 Å². The van der Waals surface area contributed by atoms with Gasteiger partial charge in [0, 0.05) is 25.6 Å². The molecule has 5 heteroatoms. The Morgan fingerprint density at radius 1 is 1.30 bits per heavy atom. The SMILES string of the molecule is CCC(COC)NC(=O)c1cc(N(C)C2CCCCC2)nc2ccccc12. The highest BCUT2D eigenvalue weighted by molar-refractivity contribution is 6.07. The molecule has 1 unspecified atom stereocenters. The highest BCUT2D eigenvalue weighted by Crippen LogP contribution is 2.28. The molecule has 5 nitrogen and oxygen atoms in total. The van der Waals surface area contributed by atoms with Crippen LogP contribution in [0.25, 0.3) is 10.9 Å². The molecule has 0 spiro atoms. The standard InChI is InChI=1S/C22H31N3O2/c1-4-16(15-27-3)23-22(26)19-14-21(24-20-13-9-8-12-18(19)20)25(2)17-10-6-5-7-11-17/h8-9,12-14,16-17H,4-7,10-11,15H2,1-3H3,(H,23,26). The molecule has 1 aromatic heterocycles. The van der Waals surface area contributed by atoms with Gasteiger partial charge in [0.1, 0.15) is 5.82 Å². The first-order valence-electron chi connectivity index (χ1n) is 10.1. The van der Waals surface area contributed by atoms with Crippen molar-refractivity contribution < 1.29 is 9.53 Å². The summed E-state index contributed by atoms with van der Waals surface area (Å²) in [7, 11) is 3.77. The topological polar surface area (TPSA) is 54.5 Å². The number of para-hydroxylation sites is 1. The molecule has 0 radical (unpaired) electrons. The Kier molecular flexibility index (Phi) is 6.67. The van der Waals surface area contributed by atoms with Crippen molar-refractivity contribution >= 4 is 22.6 Å². The normalized spacial score (nSPS) is 16.3. The molecule has 1 aromatic carbocycles. The van der Waals surface area contributed by atoms with Crippen molar-refractivity contribution in [1.82, 2.24) is 10.3 Å². The number of benzene rings is 1. The van der Waals surface area contributed by atoms with Crippen molar-refractivity contribution in [2.75, 3.05) is 25.7 Å². The van der Waals surface area contributed by atoms with Crippen LogP contribution in [-0.2, 0) is 4.74 Å². The van der Waals surface area contributed by atoms with Gasteiger partial charge in [-0.25, -0.2) is 4.98 Å². The lowest BCUT2D eigenvalue weighted by Gasteiger charge is -2.32. The Balaban J connectivity index is 1.94. The van der Waals surface area contributed by atoms with Gasteiger partial charge in [-0.15, -0.1) is 0 Å². The molecule has 1 aliphatic rings. The van der Waals surface area contributed by atoms with Gasteiger partial charge in [-0.1, -0.05) is 44.4 Å². The predicted octanol–water partition coefficient (Wildman–Crippen LogP) is 4.16. The average molecular weight is 370 g/mol. The maximum Gasteiger partial charge on any atom is 0.252 e. The lowest BCUT2D eigenvalue weighted by Crippen LogP contribution is -2.38. The number of methoxy groups -OCH3 is 1. The van der Waals surface area contributed by atoms with E-state index in [4.69, 9.17) is 9.72 Å². The van der Waals surface area contributed by atoms with Crippen LogP contribution in [0.5, 0.6) is 0 Å². The summed E-state index contributed by atoms with van der Waals surface area (Å²) in [5.74, 6) is 0.821. The summed E-state index contributed by atoms with van der Waals surface area (Å²) < 4.78 is 5.23. The van der Waals surface area contributed by atoms with Gasteiger partial charge in [0.15, 0.2) is 0 Å². The molecule has 1 amide bonds. The van der Waals surface area contributed by atoms with Crippen molar-refractivity contribution in [3.63, 3.8) is 0 Å². The van der Waals surface area contributed by atoms with E-state index in [0.29, 0.717) is 18.2 Å². The van der Waals surface area contributed by atoms with Crippen molar-refractivity contribution in [3.8, 4) is 0 Å². The number of fused-ring (bicyclic) bond motifs is 1. The van der Waals surface area contributed by atoms with Crippen molar-refractivity contribution in [3.05, 3.63) is 35.9 Å². The second kappa shape index (κ2) is 9.18. The minimum Gasteiger partial charge on any atom is -0.383 e. The first-order chi connectivity index (χ1) is 13.1. The van der Waals surface area contributed by atoms with Gasteiger partial charge in [0.05, 0.1) is 23.7 Å². The van der Waals surface area contributed by atoms with E-state index < -0.39 is 0 Å². The Morgan fingerprint density at radius 3 is 2.74 bits per heavy atom. The van der Waals surface area contributed by atoms with Crippen LogP contribution >= 0.6 is 0 Å². The van der Waals surface area contributed by atoms with Crippen LogP contribution in [0.15, 0.2) is 30.3 Å². The molecule has 27 heavy (non-hydrogen) atoms. The fourth-order valence-electron chi connectivity index (χ4n) is 3.91. The highest BCUT2D eigenvalue weighted by atomic mass is 16.5. The third-order valence-electron chi connectivity index (χ3n) is 5.63. The predicted molar refractivity (Wildman–Crippen MR) is 110 cm³/mol. The Labute approximate surface area is 162 Å². The van der Waals surface area contributed by atoms with E-state index >= 15 is 0 Å². The Bertz CT molecular complexity index is 771. The van der Waals surface area contributed by atoms with Gasteiger partial charge >= 0.3 is 0 Å². The number of carbonyl (C=O) groups excluding carboxylic acids is 1. The molecular formula is C22H31N3O2. The van der Waals surface area contributed by atoms with Crippen molar-refractivity contribution in [2.45, 2.75) is 57.5 Å². The summed E-state index contributed by atoms with van der Waals surface area (Å²) in [4.78, 5) is 20.1. The number of hydrogen-bond donors (Lipinski definition) is 1. The lowest BCUT2D eigenvalue weighted by atomic mass is 9.94. The minimum absolute atomic E-state index is 0.00829. The summed E-state index contributed by atoms with van der Waals surface area (Å²) in [6, 6.07) is 10.3. The zero-order chi connectivity index (χ0) is 19.2.